The molecule has 0 saturated heterocycles. The van der Waals surface area contributed by atoms with E-state index in [4.69, 9.17) is 0 Å². The molecule has 0 saturated carbocycles. The predicted molar refractivity (Wildman–Crippen MR) is 46.8 cm³/mol. The molecule has 3 heteroatoms. The Balaban J connectivity index is 3.27. The Kier molecular flexibility index (Phi) is 2.51. The van der Waals surface area contributed by atoms with Gasteiger partial charge in [-0.15, -0.1) is 12.6 Å². The molecule has 0 heterocycles. The molecule has 0 aliphatic rings. The van der Waals surface area contributed by atoms with Gasteiger partial charge in [-0.3, -0.25) is 4.79 Å². The molecule has 0 unspecified atom stereocenters. The first kappa shape index (κ1) is 7.82. The fourth-order valence-corrected chi connectivity index (χ4v) is 1.21. The average molecular weight is 217 g/mol. The molecule has 0 radical (unpaired) electrons. The van der Waals surface area contributed by atoms with Crippen LogP contribution in [0, 0.1) is 0 Å². The summed E-state index contributed by atoms with van der Waals surface area (Å²) in [5.41, 5.74) is 0.609. The maximum absolute atomic E-state index is 10.3. The van der Waals surface area contributed by atoms with Crippen molar-refractivity contribution in [3.63, 3.8) is 0 Å². The zero-order chi connectivity index (χ0) is 7.56. The number of thiol groups is 1. The van der Waals surface area contributed by atoms with Crippen molar-refractivity contribution in [3.8, 4) is 0 Å². The summed E-state index contributed by atoms with van der Waals surface area (Å²) in [7, 11) is 0. The lowest BCUT2D eigenvalue weighted by Gasteiger charge is -1.97. The SMILES string of the molecule is O=Cc1cccc(Br)c1S. The molecule has 0 fully saturated rings. The molecule has 0 aliphatic carbocycles. The Hall–Kier alpha value is -0.280. The van der Waals surface area contributed by atoms with Gasteiger partial charge in [0.25, 0.3) is 0 Å². The summed E-state index contributed by atoms with van der Waals surface area (Å²) in [6.07, 6.45) is 0.785. The normalized spacial score (nSPS) is 9.40. The quantitative estimate of drug-likeness (QED) is 0.565. The van der Waals surface area contributed by atoms with Crippen LogP contribution in [0.1, 0.15) is 10.4 Å². The number of hydrogen-bond acceptors (Lipinski definition) is 2. The van der Waals surface area contributed by atoms with Crippen molar-refractivity contribution >= 4 is 34.8 Å². The van der Waals surface area contributed by atoms with E-state index in [0.717, 1.165) is 10.8 Å². The second kappa shape index (κ2) is 3.21. The van der Waals surface area contributed by atoms with E-state index in [1.54, 1.807) is 12.1 Å². The highest BCUT2D eigenvalue weighted by Crippen LogP contribution is 2.22. The Bertz CT molecular complexity index is 260. The second-order valence-electron chi connectivity index (χ2n) is 1.80. The van der Waals surface area contributed by atoms with Crippen LogP contribution >= 0.6 is 28.6 Å². The molecule has 0 N–H and O–H groups in total. The lowest BCUT2D eigenvalue weighted by atomic mass is 10.2. The van der Waals surface area contributed by atoms with E-state index < -0.39 is 0 Å². The molecule has 0 aliphatic heterocycles. The zero-order valence-electron chi connectivity index (χ0n) is 5.04. The number of halogens is 1. The minimum atomic E-state index is 0.609. The first-order valence-electron chi connectivity index (χ1n) is 2.68. The van der Waals surface area contributed by atoms with Crippen molar-refractivity contribution in [1.82, 2.24) is 0 Å². The van der Waals surface area contributed by atoms with Crippen LogP contribution in [-0.2, 0) is 0 Å². The monoisotopic (exact) mass is 216 g/mol. The molecule has 52 valence electrons. The number of carbonyl (C=O) groups excluding carboxylic acids is 1. The van der Waals surface area contributed by atoms with Gasteiger partial charge < -0.3 is 0 Å². The smallest absolute Gasteiger partial charge is 0.151 e. The first-order valence-corrected chi connectivity index (χ1v) is 3.92. The molecular formula is C7H5BrOS. The Morgan fingerprint density at radius 2 is 2.20 bits per heavy atom. The van der Waals surface area contributed by atoms with Gasteiger partial charge in [0.2, 0.25) is 0 Å². The van der Waals surface area contributed by atoms with Crippen molar-refractivity contribution in [2.24, 2.45) is 0 Å². The van der Waals surface area contributed by atoms with Gasteiger partial charge in [-0.1, -0.05) is 12.1 Å². The van der Waals surface area contributed by atoms with Gasteiger partial charge in [0.1, 0.15) is 0 Å². The van der Waals surface area contributed by atoms with Crippen LogP contribution < -0.4 is 0 Å². The summed E-state index contributed by atoms with van der Waals surface area (Å²) in [4.78, 5) is 11.0. The molecule has 0 spiro atoms. The lowest BCUT2D eigenvalue weighted by molar-refractivity contribution is 0.112. The topological polar surface area (TPSA) is 17.1 Å². The van der Waals surface area contributed by atoms with Crippen LogP contribution in [0.3, 0.4) is 0 Å². The molecule has 0 aromatic heterocycles. The van der Waals surface area contributed by atoms with Gasteiger partial charge in [0, 0.05) is 14.9 Å². The Morgan fingerprint density at radius 1 is 1.50 bits per heavy atom. The third-order valence-corrected chi connectivity index (χ3v) is 2.61. The molecule has 0 atom stereocenters. The Labute approximate surface area is 73.0 Å². The van der Waals surface area contributed by atoms with Crippen LogP contribution in [0.25, 0.3) is 0 Å². The van der Waals surface area contributed by atoms with Crippen molar-refractivity contribution in [3.05, 3.63) is 28.2 Å². The van der Waals surface area contributed by atoms with Crippen molar-refractivity contribution in [2.45, 2.75) is 4.90 Å². The predicted octanol–water partition coefficient (Wildman–Crippen LogP) is 2.55. The maximum Gasteiger partial charge on any atom is 0.151 e. The highest BCUT2D eigenvalue weighted by molar-refractivity contribution is 9.10. The molecular weight excluding hydrogens is 212 g/mol. The molecule has 10 heavy (non-hydrogen) atoms. The lowest BCUT2D eigenvalue weighted by Crippen LogP contribution is -1.81. The number of aldehydes is 1. The fraction of sp³-hybridized carbons (Fsp3) is 0. The van der Waals surface area contributed by atoms with Gasteiger partial charge in [-0.25, -0.2) is 0 Å². The van der Waals surface area contributed by atoms with E-state index in [0.29, 0.717) is 10.5 Å². The number of benzene rings is 1. The summed E-state index contributed by atoms with van der Waals surface area (Å²) in [6.45, 7) is 0. The summed E-state index contributed by atoms with van der Waals surface area (Å²) in [5, 5.41) is 0. The summed E-state index contributed by atoms with van der Waals surface area (Å²) >= 11 is 7.36. The van der Waals surface area contributed by atoms with E-state index >= 15 is 0 Å². The van der Waals surface area contributed by atoms with Gasteiger partial charge in [-0.05, 0) is 22.0 Å². The van der Waals surface area contributed by atoms with Crippen LogP contribution in [0.5, 0.6) is 0 Å². The molecule has 1 nitrogen and oxygen atoms in total. The standard InChI is InChI=1S/C7H5BrOS/c8-6-3-1-2-5(4-9)7(6)10/h1-4,10H. The van der Waals surface area contributed by atoms with Crippen LogP contribution in [0.15, 0.2) is 27.6 Å². The van der Waals surface area contributed by atoms with E-state index in [9.17, 15) is 4.79 Å². The molecule has 1 rings (SSSR count). The first-order chi connectivity index (χ1) is 4.75. The fourth-order valence-electron chi connectivity index (χ4n) is 0.627. The number of hydrogen-bond donors (Lipinski definition) is 1. The van der Waals surface area contributed by atoms with Crippen LogP contribution in [-0.4, -0.2) is 6.29 Å². The highest BCUT2D eigenvalue weighted by Gasteiger charge is 1.98. The minimum Gasteiger partial charge on any atom is -0.298 e. The van der Waals surface area contributed by atoms with Gasteiger partial charge in [0.15, 0.2) is 6.29 Å². The summed E-state index contributed by atoms with van der Waals surface area (Å²) in [5.74, 6) is 0. The van der Waals surface area contributed by atoms with Crippen LogP contribution in [0.4, 0.5) is 0 Å². The summed E-state index contributed by atoms with van der Waals surface area (Å²) in [6, 6.07) is 5.36. The average Bonchev–Trinajstić information content (AvgIpc) is 1.95. The molecule has 0 bridgehead atoms. The number of carbonyl (C=O) groups is 1. The van der Waals surface area contributed by atoms with E-state index in [1.165, 1.54) is 0 Å². The van der Waals surface area contributed by atoms with Crippen molar-refractivity contribution < 1.29 is 4.79 Å². The van der Waals surface area contributed by atoms with Crippen molar-refractivity contribution in [2.75, 3.05) is 0 Å². The van der Waals surface area contributed by atoms with E-state index in [2.05, 4.69) is 28.6 Å². The molecule has 1 aromatic rings. The molecule has 1 aromatic carbocycles. The van der Waals surface area contributed by atoms with Crippen molar-refractivity contribution in [1.29, 1.82) is 0 Å². The third kappa shape index (κ3) is 1.41. The largest absolute Gasteiger partial charge is 0.298 e. The van der Waals surface area contributed by atoms with E-state index in [1.807, 2.05) is 6.07 Å². The van der Waals surface area contributed by atoms with Crippen LogP contribution in [0.2, 0.25) is 0 Å². The van der Waals surface area contributed by atoms with E-state index in [-0.39, 0.29) is 0 Å². The minimum absolute atomic E-state index is 0.609. The second-order valence-corrected chi connectivity index (χ2v) is 3.10. The number of rotatable bonds is 1. The van der Waals surface area contributed by atoms with Gasteiger partial charge in [0.05, 0.1) is 0 Å². The van der Waals surface area contributed by atoms with Gasteiger partial charge >= 0.3 is 0 Å². The third-order valence-electron chi connectivity index (χ3n) is 1.14. The highest BCUT2D eigenvalue weighted by atomic mass is 79.9. The Morgan fingerprint density at radius 3 is 2.70 bits per heavy atom. The van der Waals surface area contributed by atoms with Gasteiger partial charge in [-0.2, -0.15) is 0 Å². The maximum atomic E-state index is 10.3. The molecule has 0 amide bonds. The summed E-state index contributed by atoms with van der Waals surface area (Å²) < 4.78 is 0.848. The zero-order valence-corrected chi connectivity index (χ0v) is 7.52.